The Bertz CT molecular complexity index is 1180. The van der Waals surface area contributed by atoms with Gasteiger partial charge in [0.2, 0.25) is 0 Å². The van der Waals surface area contributed by atoms with E-state index in [9.17, 15) is 33.0 Å². The number of alkyl halides is 3. The highest BCUT2D eigenvalue weighted by Gasteiger charge is 2.39. The summed E-state index contributed by atoms with van der Waals surface area (Å²) in [5.41, 5.74) is 7.65. The first kappa shape index (κ1) is 27.1. The molecule has 2 aromatic rings. The van der Waals surface area contributed by atoms with Gasteiger partial charge in [0.15, 0.2) is 5.56 Å². The van der Waals surface area contributed by atoms with E-state index in [0.717, 1.165) is 30.8 Å². The van der Waals surface area contributed by atoms with Crippen LogP contribution in [0.3, 0.4) is 0 Å². The number of pyridine rings is 1. The molecule has 9 nitrogen and oxygen atoms in total. The van der Waals surface area contributed by atoms with Gasteiger partial charge in [-0.15, -0.1) is 0 Å². The highest BCUT2D eigenvalue weighted by molar-refractivity contribution is 5.92. The minimum atomic E-state index is -5.08. The fourth-order valence-electron chi connectivity index (χ4n) is 4.98. The zero-order valence-electron chi connectivity index (χ0n) is 19.5. The van der Waals surface area contributed by atoms with Crippen LogP contribution in [0.4, 0.5) is 18.9 Å². The SMILES string of the molecule is CCc1c(-c2ccc(N3C[C@H]4CCC[C@@H](N)[C@H]4C3)cc2)[nH]c(=O)c(C(=O)O)c1O.O=C(O)C(F)(F)F. The summed E-state index contributed by atoms with van der Waals surface area (Å²) < 4.78 is 31.7. The van der Waals surface area contributed by atoms with E-state index < -0.39 is 35.0 Å². The van der Waals surface area contributed by atoms with Crippen molar-refractivity contribution < 1.29 is 38.1 Å². The van der Waals surface area contributed by atoms with Crippen LogP contribution in [0.1, 0.15) is 42.1 Å². The molecule has 1 aliphatic heterocycles. The molecule has 1 aromatic heterocycles. The van der Waals surface area contributed by atoms with E-state index in [4.69, 9.17) is 15.6 Å². The topological polar surface area (TPSA) is 157 Å². The number of nitrogens with one attached hydrogen (secondary N) is 1. The number of carboxylic acid groups (broad SMARTS) is 2. The second kappa shape index (κ2) is 10.6. The van der Waals surface area contributed by atoms with Gasteiger partial charge in [-0.2, -0.15) is 13.2 Å². The number of carboxylic acids is 2. The lowest BCUT2D eigenvalue weighted by atomic mass is 9.78. The van der Waals surface area contributed by atoms with Crippen LogP contribution in [-0.2, 0) is 11.2 Å². The lowest BCUT2D eigenvalue weighted by molar-refractivity contribution is -0.192. The summed E-state index contributed by atoms with van der Waals surface area (Å²) in [6.07, 6.45) is -1.13. The van der Waals surface area contributed by atoms with E-state index in [0.29, 0.717) is 29.5 Å². The molecule has 3 atom stereocenters. The van der Waals surface area contributed by atoms with Gasteiger partial charge < -0.3 is 30.9 Å². The Morgan fingerprint density at radius 2 is 1.75 bits per heavy atom. The largest absolute Gasteiger partial charge is 0.506 e. The minimum Gasteiger partial charge on any atom is -0.506 e. The first-order valence-corrected chi connectivity index (χ1v) is 11.5. The van der Waals surface area contributed by atoms with Crippen molar-refractivity contribution >= 4 is 17.6 Å². The monoisotopic (exact) mass is 511 g/mol. The van der Waals surface area contributed by atoms with Crippen molar-refractivity contribution in [2.75, 3.05) is 18.0 Å². The van der Waals surface area contributed by atoms with Crippen molar-refractivity contribution in [1.82, 2.24) is 4.98 Å². The number of aromatic amines is 1. The minimum absolute atomic E-state index is 0.283. The van der Waals surface area contributed by atoms with Crippen LogP contribution in [0.25, 0.3) is 11.3 Å². The number of anilines is 1. The zero-order valence-corrected chi connectivity index (χ0v) is 19.5. The average molecular weight is 511 g/mol. The molecule has 2 heterocycles. The molecule has 6 N–H and O–H groups in total. The standard InChI is InChI=1S/C22H27N3O4.C2HF3O2/c1-2-15-19(24-21(27)18(20(15)26)22(28)29)12-6-8-14(9-7-12)25-10-13-4-3-5-17(23)16(13)11-25;3-2(4,5)1(6)7/h6-9,13,16-17H,2-5,10-11,23H2,1H3,(H,28,29)(H2,24,26,27);(H,6,7)/t13-,16+,17-;/m1./s1. The number of aromatic nitrogens is 1. The molecule has 2 aliphatic rings. The van der Waals surface area contributed by atoms with E-state index in [-0.39, 0.29) is 6.04 Å². The molecular weight excluding hydrogens is 483 g/mol. The quantitative estimate of drug-likeness (QED) is 0.419. The summed E-state index contributed by atoms with van der Waals surface area (Å²) in [4.78, 5) is 37.4. The normalized spacial score (nSPS) is 21.4. The number of carbonyl (C=O) groups is 2. The van der Waals surface area contributed by atoms with Gasteiger partial charge in [-0.1, -0.05) is 25.5 Å². The molecule has 4 rings (SSSR count). The number of hydrogen-bond acceptors (Lipinski definition) is 6. The number of benzene rings is 1. The first-order chi connectivity index (χ1) is 16.8. The lowest BCUT2D eigenvalue weighted by Gasteiger charge is -2.29. The van der Waals surface area contributed by atoms with E-state index in [1.807, 2.05) is 31.2 Å². The van der Waals surface area contributed by atoms with Crippen LogP contribution < -0.4 is 16.2 Å². The third-order valence-corrected chi connectivity index (χ3v) is 6.77. The van der Waals surface area contributed by atoms with Crippen molar-refractivity contribution in [3.05, 3.63) is 45.7 Å². The molecule has 1 aromatic carbocycles. The van der Waals surface area contributed by atoms with E-state index in [2.05, 4.69) is 9.88 Å². The fourth-order valence-corrected chi connectivity index (χ4v) is 4.98. The number of fused-ring (bicyclic) bond motifs is 1. The van der Waals surface area contributed by atoms with Crippen LogP contribution in [-0.4, -0.2) is 57.5 Å². The summed E-state index contributed by atoms with van der Waals surface area (Å²) in [7, 11) is 0. The van der Waals surface area contributed by atoms with Crippen molar-refractivity contribution in [2.45, 2.75) is 44.8 Å². The maximum atomic E-state index is 12.2. The van der Waals surface area contributed by atoms with E-state index >= 15 is 0 Å². The average Bonchev–Trinajstić information content (AvgIpc) is 3.24. The number of aromatic hydroxyl groups is 1. The van der Waals surface area contributed by atoms with Crippen LogP contribution in [0, 0.1) is 11.8 Å². The molecule has 0 unspecified atom stereocenters. The summed E-state index contributed by atoms with van der Waals surface area (Å²) in [6.45, 7) is 3.80. The Morgan fingerprint density at radius 1 is 1.14 bits per heavy atom. The molecule has 0 amide bonds. The van der Waals surface area contributed by atoms with Crippen molar-refractivity contribution in [3.63, 3.8) is 0 Å². The number of aliphatic carboxylic acids is 1. The maximum absolute atomic E-state index is 12.2. The Morgan fingerprint density at radius 3 is 2.25 bits per heavy atom. The molecule has 1 saturated heterocycles. The smallest absolute Gasteiger partial charge is 0.490 e. The molecule has 0 spiro atoms. The van der Waals surface area contributed by atoms with Crippen molar-refractivity contribution in [3.8, 4) is 17.0 Å². The molecule has 2 fully saturated rings. The number of aromatic carboxylic acids is 1. The van der Waals surface area contributed by atoms with Crippen LogP contribution >= 0.6 is 0 Å². The Balaban J connectivity index is 0.000000454. The molecular formula is C24H28F3N3O6. The van der Waals surface area contributed by atoms with Gasteiger partial charge in [-0.25, -0.2) is 9.59 Å². The first-order valence-electron chi connectivity index (χ1n) is 11.5. The number of rotatable bonds is 4. The third-order valence-electron chi connectivity index (χ3n) is 6.77. The van der Waals surface area contributed by atoms with Gasteiger partial charge in [0.05, 0.1) is 5.69 Å². The zero-order chi connectivity index (χ0) is 26.8. The van der Waals surface area contributed by atoms with Crippen LogP contribution in [0.2, 0.25) is 0 Å². The van der Waals surface area contributed by atoms with Crippen molar-refractivity contribution in [2.24, 2.45) is 17.6 Å². The van der Waals surface area contributed by atoms with E-state index in [1.54, 1.807) is 0 Å². The summed E-state index contributed by atoms with van der Waals surface area (Å²) >= 11 is 0. The van der Waals surface area contributed by atoms with Crippen LogP contribution in [0.15, 0.2) is 29.1 Å². The molecule has 0 bridgehead atoms. The number of H-pyrrole nitrogens is 1. The maximum Gasteiger partial charge on any atom is 0.490 e. The number of hydrogen-bond donors (Lipinski definition) is 5. The Hall–Kier alpha value is -3.54. The van der Waals surface area contributed by atoms with Crippen molar-refractivity contribution in [1.29, 1.82) is 0 Å². The van der Waals surface area contributed by atoms with Gasteiger partial charge in [0.25, 0.3) is 5.56 Å². The molecule has 0 radical (unpaired) electrons. The Labute approximate surface area is 204 Å². The van der Waals surface area contributed by atoms with Gasteiger partial charge in [0, 0.05) is 30.4 Å². The molecule has 36 heavy (non-hydrogen) atoms. The third kappa shape index (κ3) is 5.64. The highest BCUT2D eigenvalue weighted by atomic mass is 19.4. The predicted octanol–water partition coefficient (Wildman–Crippen LogP) is 3.21. The van der Waals surface area contributed by atoms with E-state index in [1.165, 1.54) is 12.8 Å². The molecule has 1 saturated carbocycles. The Kier molecular flexibility index (Phi) is 7.97. The highest BCUT2D eigenvalue weighted by Crippen LogP contribution is 2.38. The van der Waals surface area contributed by atoms with Crippen LogP contribution in [0.5, 0.6) is 5.75 Å². The molecule has 196 valence electrons. The number of halogens is 3. The van der Waals surface area contributed by atoms with Gasteiger partial charge in [-0.05, 0) is 48.8 Å². The predicted molar refractivity (Wildman–Crippen MR) is 125 cm³/mol. The van der Waals surface area contributed by atoms with Gasteiger partial charge in [-0.3, -0.25) is 4.79 Å². The fraction of sp³-hybridized carbons (Fsp3) is 0.458. The number of nitrogens with zero attached hydrogens (tertiary/aromatic N) is 1. The second-order valence-corrected chi connectivity index (χ2v) is 8.96. The van der Waals surface area contributed by atoms with Gasteiger partial charge >= 0.3 is 18.1 Å². The molecule has 1 aliphatic carbocycles. The summed E-state index contributed by atoms with van der Waals surface area (Å²) in [6, 6.07) is 8.12. The molecule has 12 heteroatoms. The summed E-state index contributed by atoms with van der Waals surface area (Å²) in [5, 5.41) is 26.7. The number of nitrogens with two attached hydrogens (primary N) is 1. The summed E-state index contributed by atoms with van der Waals surface area (Å²) in [5.74, 6) is -3.45. The van der Waals surface area contributed by atoms with Gasteiger partial charge in [0.1, 0.15) is 5.75 Å². The lowest BCUT2D eigenvalue weighted by Crippen LogP contribution is -2.38. The second-order valence-electron chi connectivity index (χ2n) is 8.96.